The van der Waals surface area contributed by atoms with Gasteiger partial charge in [-0.05, 0) is 88.0 Å². The first kappa shape index (κ1) is 52.1. The van der Waals surface area contributed by atoms with E-state index in [0.717, 1.165) is 83.2 Å². The second kappa shape index (κ2) is 19.8. The summed E-state index contributed by atoms with van der Waals surface area (Å²) in [6.07, 6.45) is 1.53. The van der Waals surface area contributed by atoms with E-state index in [4.69, 9.17) is 28.4 Å². The Kier molecular flexibility index (Phi) is 11.9. The van der Waals surface area contributed by atoms with E-state index in [1.165, 1.54) is 14.7 Å². The number of carbonyl (C=O) groups is 6. The fraction of sp³-hybridized carbons (Fsp3) is 0.273. The molecule has 0 saturated carbocycles. The molecule has 3 aromatic heterocycles. The van der Waals surface area contributed by atoms with Crippen LogP contribution in [0.5, 0.6) is 34.5 Å². The topological polar surface area (TPSA) is 225 Å². The number of aromatic nitrogens is 3. The van der Waals surface area contributed by atoms with Gasteiger partial charge in [0.15, 0.2) is 34.5 Å². The van der Waals surface area contributed by atoms with Gasteiger partial charge >= 0.3 is 0 Å². The minimum atomic E-state index is -0.511. The Morgan fingerprint density at radius 2 is 0.632 bits per heavy atom. The van der Waals surface area contributed by atoms with Gasteiger partial charge in [0.1, 0.15) is 18.1 Å². The number of ether oxygens (including phenoxy) is 6. The number of nitrogens with one attached hydrogen (secondary N) is 3. The lowest BCUT2D eigenvalue weighted by atomic mass is 9.86. The largest absolute Gasteiger partial charge is 0.454 e. The van der Waals surface area contributed by atoms with Crippen LogP contribution in [0.1, 0.15) is 68.6 Å². The standard InChI is InChI=1S/3C22H19N3O4/c3*1-24-10-19(26)25-16(22(24)27)9-14-13-4-2-3-5-15(13)23-20(14)21(25)12-6-7-17-18(8-12)29-11-28-17/h3*2-8,16,21,23H,9-11H2,1H3/t3*16-,21-/m111/s1. The van der Waals surface area contributed by atoms with Crippen LogP contribution in [0.15, 0.2) is 127 Å². The quantitative estimate of drug-likeness (QED) is 0.170. The van der Waals surface area contributed by atoms with Gasteiger partial charge in [-0.25, -0.2) is 0 Å². The summed E-state index contributed by atoms with van der Waals surface area (Å²) >= 11 is 0. The smallest absolute Gasteiger partial charge is 0.245 e. The molecule has 438 valence electrons. The van der Waals surface area contributed by atoms with Gasteiger partial charge < -0.3 is 72.8 Å². The number of likely N-dealkylation sites (N-methyl/N-ethyl adjacent to an activating group) is 3. The lowest BCUT2D eigenvalue weighted by Gasteiger charge is -2.46. The van der Waals surface area contributed by atoms with Crippen molar-refractivity contribution in [3.8, 4) is 34.5 Å². The average molecular weight is 1170 g/mol. The predicted molar refractivity (Wildman–Crippen MR) is 314 cm³/mol. The SMILES string of the molecule is CN1CC(=O)N2[C@H](c3ccc4c(c3)OCO4)c3[nH]c4ccccc4c3C[C@@H]2C1=O.CN1CC(=O)N2[C@H](c3ccc4c(c3)OCO4)c3[nH]c4ccccc4c3C[C@@H]2C1=O.CN1CC(=O)N2[C@H](c3ccc4c(c3)OCO4)c3[nH]c4ccccc4c3C[C@@H]2C1=O. The highest BCUT2D eigenvalue weighted by Crippen LogP contribution is 2.49. The van der Waals surface area contributed by atoms with Crippen LogP contribution in [0.3, 0.4) is 0 Å². The molecule has 21 nitrogen and oxygen atoms in total. The molecular formula is C66H57N9O12. The van der Waals surface area contributed by atoms with Crippen molar-refractivity contribution >= 4 is 68.2 Å². The summed E-state index contributed by atoms with van der Waals surface area (Å²) in [4.78, 5) is 98.7. The van der Waals surface area contributed by atoms with Gasteiger partial charge in [-0.1, -0.05) is 72.8 Å². The summed E-state index contributed by atoms with van der Waals surface area (Å²) in [5.74, 6) is 3.85. The summed E-state index contributed by atoms with van der Waals surface area (Å²) in [6, 6.07) is 38.8. The third-order valence-corrected chi connectivity index (χ3v) is 18.5. The van der Waals surface area contributed by atoms with Crippen molar-refractivity contribution in [1.29, 1.82) is 0 Å². The summed E-state index contributed by atoms with van der Waals surface area (Å²) < 4.78 is 33.0. The van der Waals surface area contributed by atoms with Gasteiger partial charge in [0.2, 0.25) is 55.8 Å². The molecule has 0 radical (unpaired) electrons. The van der Waals surface area contributed by atoms with Crippen molar-refractivity contribution < 1.29 is 57.2 Å². The third-order valence-electron chi connectivity index (χ3n) is 18.5. The van der Waals surface area contributed by atoms with Gasteiger partial charge in [-0.2, -0.15) is 0 Å². The second-order valence-corrected chi connectivity index (χ2v) is 23.4. The van der Waals surface area contributed by atoms with Gasteiger partial charge in [0, 0.05) is 90.2 Å². The summed E-state index contributed by atoms with van der Waals surface area (Å²) in [5.41, 5.74) is 11.9. The molecule has 21 heteroatoms. The zero-order valence-electron chi connectivity index (χ0n) is 47.5. The molecule has 6 amide bonds. The average Bonchev–Trinajstić information content (AvgIpc) is 2.61. The maximum Gasteiger partial charge on any atom is 0.245 e. The van der Waals surface area contributed by atoms with Crippen molar-refractivity contribution in [2.24, 2.45) is 0 Å². The highest BCUT2D eigenvalue weighted by molar-refractivity contribution is 6.00. The summed E-state index contributed by atoms with van der Waals surface area (Å²) in [6.45, 7) is 0.838. The number of carbonyl (C=O) groups excluding carboxylic acids is 6. The molecule has 18 rings (SSSR count). The molecule has 6 atom stereocenters. The van der Waals surface area contributed by atoms with Crippen LogP contribution < -0.4 is 28.4 Å². The normalized spacial score (nSPS) is 22.8. The minimum Gasteiger partial charge on any atom is -0.454 e. The maximum absolute atomic E-state index is 13.1. The minimum absolute atomic E-state index is 0.0220. The number of para-hydroxylation sites is 3. The number of amides is 6. The first-order chi connectivity index (χ1) is 42.3. The first-order valence-corrected chi connectivity index (χ1v) is 29.0. The van der Waals surface area contributed by atoms with Gasteiger partial charge in [-0.3, -0.25) is 28.8 Å². The molecule has 0 aliphatic carbocycles. The maximum atomic E-state index is 13.1. The fourth-order valence-electron chi connectivity index (χ4n) is 14.5. The number of rotatable bonds is 3. The van der Waals surface area contributed by atoms with Crippen molar-refractivity contribution in [1.82, 2.24) is 44.4 Å². The van der Waals surface area contributed by atoms with E-state index in [0.29, 0.717) is 53.8 Å². The monoisotopic (exact) mass is 1170 g/mol. The van der Waals surface area contributed by atoms with Crippen LogP contribution in [-0.4, -0.2) is 159 Å². The summed E-state index contributed by atoms with van der Waals surface area (Å²) in [5, 5.41) is 3.30. The Hall–Kier alpha value is -10.4. The number of piperazine rings is 3. The van der Waals surface area contributed by atoms with E-state index in [2.05, 4.69) is 33.2 Å². The number of fused-ring (bicyclic) bond motifs is 15. The third kappa shape index (κ3) is 8.18. The molecule has 9 aliphatic rings. The fourth-order valence-corrected chi connectivity index (χ4v) is 14.5. The van der Waals surface area contributed by atoms with Gasteiger partial charge in [0.05, 0.1) is 37.8 Å². The van der Waals surface area contributed by atoms with Crippen LogP contribution in [0.4, 0.5) is 0 Å². The molecule has 9 aromatic rings. The number of H-pyrrole nitrogens is 3. The number of nitrogens with zero attached hydrogens (tertiary/aromatic N) is 6. The lowest BCUT2D eigenvalue weighted by molar-refractivity contribution is -0.157. The van der Waals surface area contributed by atoms with Gasteiger partial charge in [0.25, 0.3) is 0 Å². The highest BCUT2D eigenvalue weighted by Gasteiger charge is 2.51. The molecule has 0 unspecified atom stereocenters. The van der Waals surface area contributed by atoms with E-state index in [9.17, 15) is 28.8 Å². The Balaban J connectivity index is 0.000000106. The Bertz CT molecular complexity index is 3990. The molecular weight excluding hydrogens is 1110 g/mol. The zero-order chi connectivity index (χ0) is 59.1. The Morgan fingerprint density at radius 1 is 0.356 bits per heavy atom. The molecule has 87 heavy (non-hydrogen) atoms. The summed E-state index contributed by atoms with van der Waals surface area (Å²) in [7, 11) is 5.08. The van der Waals surface area contributed by atoms with Crippen molar-refractivity contribution in [2.45, 2.75) is 55.5 Å². The van der Waals surface area contributed by atoms with Crippen LogP contribution in [0, 0.1) is 0 Å². The van der Waals surface area contributed by atoms with E-state index < -0.39 is 18.1 Å². The van der Waals surface area contributed by atoms with E-state index in [1.54, 1.807) is 35.8 Å². The molecule has 0 spiro atoms. The second-order valence-electron chi connectivity index (χ2n) is 23.4. The number of benzene rings is 6. The lowest BCUT2D eigenvalue weighted by Crippen LogP contribution is -2.62. The van der Waals surface area contributed by atoms with Crippen molar-refractivity contribution in [3.05, 3.63) is 178 Å². The van der Waals surface area contributed by atoms with Crippen LogP contribution in [0.25, 0.3) is 32.7 Å². The number of hydrogen-bond donors (Lipinski definition) is 3. The molecule has 3 N–H and O–H groups in total. The highest BCUT2D eigenvalue weighted by atomic mass is 16.7. The molecule has 6 aromatic carbocycles. The van der Waals surface area contributed by atoms with Crippen molar-refractivity contribution in [3.63, 3.8) is 0 Å². The number of aromatic amines is 3. The Morgan fingerprint density at radius 3 is 0.931 bits per heavy atom. The molecule has 3 fully saturated rings. The molecule has 3 saturated heterocycles. The first-order valence-electron chi connectivity index (χ1n) is 29.0. The van der Waals surface area contributed by atoms with Crippen LogP contribution in [0.2, 0.25) is 0 Å². The van der Waals surface area contributed by atoms with Crippen LogP contribution in [-0.2, 0) is 48.0 Å². The van der Waals surface area contributed by atoms with E-state index in [1.807, 2.05) is 109 Å². The predicted octanol–water partition coefficient (Wildman–Crippen LogP) is 6.63. The molecule has 9 aliphatic heterocycles. The van der Waals surface area contributed by atoms with Gasteiger partial charge in [-0.15, -0.1) is 0 Å². The van der Waals surface area contributed by atoms with E-state index >= 15 is 0 Å². The number of hydrogen-bond acceptors (Lipinski definition) is 12. The molecule has 0 bridgehead atoms. The van der Waals surface area contributed by atoms with Crippen LogP contribution >= 0.6 is 0 Å². The Labute approximate surface area is 496 Å². The zero-order valence-corrected chi connectivity index (χ0v) is 47.5. The van der Waals surface area contributed by atoms with Crippen molar-refractivity contribution in [2.75, 3.05) is 61.2 Å². The molecule has 12 heterocycles. The van der Waals surface area contributed by atoms with E-state index in [-0.39, 0.29) is 93.6 Å².